The minimum atomic E-state index is -0.243. The lowest BCUT2D eigenvalue weighted by Crippen LogP contribution is -2.27. The molecule has 0 bridgehead atoms. The van der Waals surface area contributed by atoms with Crippen LogP contribution < -0.4 is 5.32 Å². The first-order valence-corrected chi connectivity index (χ1v) is 8.81. The average Bonchev–Trinajstić information content (AvgIpc) is 3.07. The molecule has 0 fully saturated rings. The first-order valence-electron chi connectivity index (χ1n) is 8.43. The zero-order valence-corrected chi connectivity index (χ0v) is 15.0. The lowest BCUT2D eigenvalue weighted by molar-refractivity contribution is 0.0926. The number of benzene rings is 2. The first-order chi connectivity index (χ1) is 12.6. The van der Waals surface area contributed by atoms with Crippen molar-refractivity contribution in [1.82, 2.24) is 10.3 Å². The minimum absolute atomic E-state index is 0.215. The maximum atomic E-state index is 12.4. The molecule has 2 heterocycles. The van der Waals surface area contributed by atoms with E-state index in [1.807, 2.05) is 36.4 Å². The molecule has 26 heavy (non-hydrogen) atoms. The summed E-state index contributed by atoms with van der Waals surface area (Å²) in [6, 6.07) is 19.2. The molecule has 1 atom stereocenters. The van der Waals surface area contributed by atoms with E-state index in [9.17, 15) is 4.79 Å². The summed E-state index contributed by atoms with van der Waals surface area (Å²) in [6.07, 6.45) is 0. The molecule has 4 nitrogen and oxygen atoms in total. The Labute approximate surface area is 155 Å². The van der Waals surface area contributed by atoms with Crippen LogP contribution in [0.1, 0.15) is 29.0 Å². The molecule has 0 unspecified atom stereocenters. The van der Waals surface area contributed by atoms with Gasteiger partial charge < -0.3 is 9.73 Å². The Bertz CT molecular complexity index is 1090. The van der Waals surface area contributed by atoms with Crippen molar-refractivity contribution < 1.29 is 9.21 Å². The van der Waals surface area contributed by atoms with Crippen LogP contribution in [0.4, 0.5) is 0 Å². The number of pyridine rings is 1. The number of halogens is 1. The van der Waals surface area contributed by atoms with Crippen molar-refractivity contribution >= 4 is 39.5 Å². The quantitative estimate of drug-likeness (QED) is 0.543. The number of amides is 1. The molecule has 2 aromatic carbocycles. The largest absolute Gasteiger partial charge is 0.433 e. The summed E-state index contributed by atoms with van der Waals surface area (Å²) in [5, 5.41) is 5.29. The van der Waals surface area contributed by atoms with Gasteiger partial charge in [0.05, 0.1) is 5.52 Å². The van der Waals surface area contributed by atoms with Crippen molar-refractivity contribution in [2.45, 2.75) is 12.8 Å². The number of carbonyl (C=O) groups excluding carboxylic acids is 1. The number of carbonyl (C=O) groups is 1. The summed E-state index contributed by atoms with van der Waals surface area (Å²) < 4.78 is 5.65. The minimum Gasteiger partial charge on any atom is -0.433 e. The molecule has 0 aliphatic rings. The van der Waals surface area contributed by atoms with Crippen molar-refractivity contribution in [1.29, 1.82) is 0 Å². The van der Waals surface area contributed by atoms with E-state index in [0.717, 1.165) is 16.3 Å². The second-order valence-corrected chi connectivity index (χ2v) is 6.79. The second-order valence-electron chi connectivity index (χ2n) is 6.35. The Morgan fingerprint density at radius 2 is 1.92 bits per heavy atom. The van der Waals surface area contributed by atoms with Crippen LogP contribution in [0.2, 0.25) is 5.02 Å². The summed E-state index contributed by atoms with van der Waals surface area (Å²) in [7, 11) is 0. The lowest BCUT2D eigenvalue weighted by Gasteiger charge is -2.12. The number of rotatable bonds is 4. The van der Waals surface area contributed by atoms with Gasteiger partial charge in [0, 0.05) is 22.3 Å². The highest BCUT2D eigenvalue weighted by Crippen LogP contribution is 2.25. The fourth-order valence-electron chi connectivity index (χ4n) is 2.94. The predicted octanol–water partition coefficient (Wildman–Crippen LogP) is 5.17. The highest BCUT2D eigenvalue weighted by molar-refractivity contribution is 6.31. The Morgan fingerprint density at radius 3 is 2.73 bits per heavy atom. The monoisotopic (exact) mass is 364 g/mol. The molecule has 4 rings (SSSR count). The summed E-state index contributed by atoms with van der Waals surface area (Å²) in [6.45, 7) is 2.61. The van der Waals surface area contributed by atoms with Gasteiger partial charge in [-0.15, -0.1) is 0 Å². The molecule has 2 aromatic heterocycles. The zero-order valence-electron chi connectivity index (χ0n) is 14.2. The van der Waals surface area contributed by atoms with E-state index in [1.165, 1.54) is 5.56 Å². The molecule has 0 radical (unpaired) electrons. The second kappa shape index (κ2) is 6.81. The van der Waals surface area contributed by atoms with Crippen LogP contribution in [0, 0.1) is 0 Å². The summed E-state index contributed by atoms with van der Waals surface area (Å²) >= 11 is 6.01. The third-order valence-corrected chi connectivity index (χ3v) is 4.66. The summed E-state index contributed by atoms with van der Waals surface area (Å²) in [5.41, 5.74) is 2.35. The smallest absolute Gasteiger partial charge is 0.287 e. The highest BCUT2D eigenvalue weighted by atomic mass is 35.5. The Hall–Kier alpha value is -2.85. The molecular weight excluding hydrogens is 348 g/mol. The number of hydrogen-bond donors (Lipinski definition) is 1. The van der Waals surface area contributed by atoms with E-state index in [2.05, 4.69) is 29.4 Å². The SMILES string of the molecule is C[C@H](CNC(=O)c1cc2cc3ccc(Cl)cc3nc2o1)c1ccccc1. The van der Waals surface area contributed by atoms with Crippen LogP contribution >= 0.6 is 11.6 Å². The molecule has 0 aliphatic heterocycles. The Kier molecular flexibility index (Phi) is 4.35. The molecule has 5 heteroatoms. The number of furan rings is 1. The van der Waals surface area contributed by atoms with E-state index in [0.29, 0.717) is 17.3 Å². The van der Waals surface area contributed by atoms with Crippen LogP contribution in [0.3, 0.4) is 0 Å². The third-order valence-electron chi connectivity index (χ3n) is 4.43. The van der Waals surface area contributed by atoms with Gasteiger partial charge in [0.15, 0.2) is 5.76 Å². The Morgan fingerprint density at radius 1 is 1.12 bits per heavy atom. The number of nitrogens with zero attached hydrogens (tertiary/aromatic N) is 1. The Balaban J connectivity index is 1.54. The molecule has 1 N–H and O–H groups in total. The number of hydrogen-bond acceptors (Lipinski definition) is 3. The van der Waals surface area contributed by atoms with E-state index in [-0.39, 0.29) is 17.6 Å². The fraction of sp³-hybridized carbons (Fsp3) is 0.143. The van der Waals surface area contributed by atoms with Crippen LogP contribution in [-0.2, 0) is 0 Å². The van der Waals surface area contributed by atoms with Crippen LogP contribution in [0.25, 0.3) is 22.0 Å². The van der Waals surface area contributed by atoms with Gasteiger partial charge in [-0.3, -0.25) is 4.79 Å². The predicted molar refractivity (Wildman–Crippen MR) is 104 cm³/mol. The maximum Gasteiger partial charge on any atom is 0.287 e. The van der Waals surface area contributed by atoms with Crippen LogP contribution in [0.5, 0.6) is 0 Å². The van der Waals surface area contributed by atoms with Crippen molar-refractivity contribution in [3.05, 3.63) is 77.0 Å². The zero-order chi connectivity index (χ0) is 18.1. The molecule has 1 amide bonds. The van der Waals surface area contributed by atoms with Gasteiger partial charge in [-0.25, -0.2) is 4.98 Å². The molecule has 0 saturated carbocycles. The maximum absolute atomic E-state index is 12.4. The van der Waals surface area contributed by atoms with E-state index >= 15 is 0 Å². The van der Waals surface area contributed by atoms with Crippen molar-refractivity contribution in [3.8, 4) is 0 Å². The van der Waals surface area contributed by atoms with Gasteiger partial charge in [0.1, 0.15) is 0 Å². The van der Waals surface area contributed by atoms with Crippen molar-refractivity contribution in [3.63, 3.8) is 0 Å². The molecule has 0 aliphatic carbocycles. The molecule has 130 valence electrons. The van der Waals surface area contributed by atoms with Gasteiger partial charge in [0.25, 0.3) is 5.91 Å². The van der Waals surface area contributed by atoms with Crippen molar-refractivity contribution in [2.75, 3.05) is 6.54 Å². The van der Waals surface area contributed by atoms with Gasteiger partial charge in [-0.1, -0.05) is 54.9 Å². The first kappa shape index (κ1) is 16.6. The topological polar surface area (TPSA) is 55.1 Å². The average molecular weight is 365 g/mol. The molecule has 0 spiro atoms. The normalized spacial score (nSPS) is 12.4. The van der Waals surface area contributed by atoms with Crippen LogP contribution in [-0.4, -0.2) is 17.4 Å². The molecular formula is C21H17ClN2O2. The molecule has 4 aromatic rings. The van der Waals surface area contributed by atoms with E-state index in [4.69, 9.17) is 16.0 Å². The van der Waals surface area contributed by atoms with Gasteiger partial charge in [-0.05, 0) is 35.7 Å². The number of nitrogens with one attached hydrogen (secondary N) is 1. The van der Waals surface area contributed by atoms with Crippen LogP contribution in [0.15, 0.2) is 65.1 Å². The fourth-order valence-corrected chi connectivity index (χ4v) is 3.11. The van der Waals surface area contributed by atoms with Gasteiger partial charge in [-0.2, -0.15) is 0 Å². The summed E-state index contributed by atoms with van der Waals surface area (Å²) in [4.78, 5) is 16.9. The van der Waals surface area contributed by atoms with E-state index in [1.54, 1.807) is 12.1 Å². The standard InChI is InChI=1S/C21H17ClN2O2/c1-13(14-5-3-2-4-6-14)12-23-20(25)19-10-16-9-15-7-8-17(22)11-18(15)24-21(16)26-19/h2-11,13H,12H2,1H3,(H,23,25)/t13-/m1/s1. The highest BCUT2D eigenvalue weighted by Gasteiger charge is 2.15. The number of aromatic nitrogens is 1. The number of fused-ring (bicyclic) bond motifs is 2. The third kappa shape index (κ3) is 3.28. The summed E-state index contributed by atoms with van der Waals surface area (Å²) in [5.74, 6) is 0.231. The van der Waals surface area contributed by atoms with Gasteiger partial charge in [0.2, 0.25) is 5.71 Å². The van der Waals surface area contributed by atoms with E-state index < -0.39 is 0 Å². The molecule has 0 saturated heterocycles. The van der Waals surface area contributed by atoms with Gasteiger partial charge >= 0.3 is 0 Å². The van der Waals surface area contributed by atoms with Crippen molar-refractivity contribution in [2.24, 2.45) is 0 Å². The lowest BCUT2D eigenvalue weighted by atomic mass is 10.0.